The molecule has 3 aromatic rings. The van der Waals surface area contributed by atoms with Crippen LogP contribution in [0, 0.1) is 0 Å². The van der Waals surface area contributed by atoms with Crippen LogP contribution in [0.1, 0.15) is 34.0 Å². The van der Waals surface area contributed by atoms with E-state index in [0.29, 0.717) is 27.9 Å². The molecule has 1 atom stereocenters. The minimum Gasteiger partial charge on any atom is -0.478 e. The lowest BCUT2D eigenvalue weighted by atomic mass is 9.92. The maximum Gasteiger partial charge on any atom is 0.335 e. The van der Waals surface area contributed by atoms with Gasteiger partial charge in [0.05, 0.1) is 22.7 Å². The maximum atomic E-state index is 12.0. The number of carboxylic acids is 1. The Morgan fingerprint density at radius 3 is 2.96 bits per heavy atom. The molecule has 1 aromatic carbocycles. The van der Waals surface area contributed by atoms with Crippen LogP contribution in [0.3, 0.4) is 0 Å². The zero-order valence-corrected chi connectivity index (χ0v) is 14.4. The van der Waals surface area contributed by atoms with Crippen molar-refractivity contribution in [3.05, 3.63) is 58.4 Å². The molecule has 2 N–H and O–H groups in total. The van der Waals surface area contributed by atoms with Crippen molar-refractivity contribution in [2.45, 2.75) is 12.3 Å². The van der Waals surface area contributed by atoms with Gasteiger partial charge in [-0.1, -0.05) is 11.6 Å². The normalized spacial score (nSPS) is 16.2. The quantitative estimate of drug-likeness (QED) is 0.734. The second-order valence-corrected chi connectivity index (χ2v) is 6.49. The van der Waals surface area contributed by atoms with E-state index in [1.165, 1.54) is 18.2 Å². The van der Waals surface area contributed by atoms with Gasteiger partial charge in [0.2, 0.25) is 5.91 Å². The van der Waals surface area contributed by atoms with E-state index in [4.69, 9.17) is 21.1 Å². The van der Waals surface area contributed by atoms with E-state index < -0.39 is 5.97 Å². The van der Waals surface area contributed by atoms with Crippen LogP contribution < -0.4 is 5.32 Å². The molecule has 2 aromatic heterocycles. The van der Waals surface area contributed by atoms with E-state index in [1.807, 2.05) is 0 Å². The number of aryl methyl sites for hydroxylation is 1. The Balaban J connectivity index is 1.75. The van der Waals surface area contributed by atoms with Crippen LogP contribution in [0.2, 0.25) is 5.02 Å². The van der Waals surface area contributed by atoms with Crippen LogP contribution >= 0.6 is 11.6 Å². The van der Waals surface area contributed by atoms with Gasteiger partial charge in [0, 0.05) is 24.6 Å². The summed E-state index contributed by atoms with van der Waals surface area (Å²) in [5, 5.41) is 16.6. The molecule has 26 heavy (non-hydrogen) atoms. The molecule has 1 aliphatic heterocycles. The molecule has 4 rings (SSSR count). The molecule has 0 unspecified atom stereocenters. The Labute approximate surface area is 153 Å². The van der Waals surface area contributed by atoms with Gasteiger partial charge in [-0.3, -0.25) is 9.48 Å². The molecular formula is C18H14ClN3O4. The van der Waals surface area contributed by atoms with Gasteiger partial charge in [0.15, 0.2) is 0 Å². The van der Waals surface area contributed by atoms with Crippen molar-refractivity contribution in [2.24, 2.45) is 7.05 Å². The van der Waals surface area contributed by atoms with Crippen molar-refractivity contribution in [1.29, 1.82) is 0 Å². The molecule has 0 saturated carbocycles. The van der Waals surface area contributed by atoms with Crippen LogP contribution in [-0.4, -0.2) is 26.8 Å². The predicted octanol–water partition coefficient (Wildman–Crippen LogP) is 3.51. The number of benzene rings is 1. The Hall–Kier alpha value is -3.06. The van der Waals surface area contributed by atoms with E-state index in [-0.39, 0.29) is 23.8 Å². The third-order valence-corrected chi connectivity index (χ3v) is 4.77. The van der Waals surface area contributed by atoms with Crippen molar-refractivity contribution in [3.63, 3.8) is 0 Å². The summed E-state index contributed by atoms with van der Waals surface area (Å²) in [6.07, 6.45) is 1.95. The molecule has 7 nitrogen and oxygen atoms in total. The zero-order valence-electron chi connectivity index (χ0n) is 13.7. The number of rotatable bonds is 3. The summed E-state index contributed by atoms with van der Waals surface area (Å²) in [4.78, 5) is 23.2. The molecule has 0 fully saturated rings. The molecule has 0 radical (unpaired) electrons. The van der Waals surface area contributed by atoms with E-state index in [9.17, 15) is 9.59 Å². The van der Waals surface area contributed by atoms with E-state index in [0.717, 1.165) is 5.56 Å². The average Bonchev–Trinajstić information content (AvgIpc) is 3.22. The molecule has 132 valence electrons. The largest absolute Gasteiger partial charge is 0.478 e. The van der Waals surface area contributed by atoms with Gasteiger partial charge in [-0.15, -0.1) is 0 Å². The van der Waals surface area contributed by atoms with Gasteiger partial charge in [-0.25, -0.2) is 4.79 Å². The van der Waals surface area contributed by atoms with Gasteiger partial charge in [-0.2, -0.15) is 5.10 Å². The van der Waals surface area contributed by atoms with Crippen LogP contribution in [0.4, 0.5) is 5.82 Å². The highest BCUT2D eigenvalue weighted by Crippen LogP contribution is 2.39. The number of nitrogens with one attached hydrogen (secondary N) is 1. The zero-order chi connectivity index (χ0) is 18.4. The topological polar surface area (TPSA) is 97.4 Å². The summed E-state index contributed by atoms with van der Waals surface area (Å²) in [7, 11) is 1.76. The number of carbonyl (C=O) groups is 2. The smallest absolute Gasteiger partial charge is 0.335 e. The van der Waals surface area contributed by atoms with Crippen LogP contribution in [0.5, 0.6) is 0 Å². The number of anilines is 1. The Morgan fingerprint density at radius 1 is 1.38 bits per heavy atom. The number of carbonyl (C=O) groups excluding carboxylic acids is 1. The van der Waals surface area contributed by atoms with Gasteiger partial charge in [-0.05, 0) is 30.3 Å². The fraction of sp³-hybridized carbons (Fsp3) is 0.167. The predicted molar refractivity (Wildman–Crippen MR) is 94.4 cm³/mol. The SMILES string of the molecule is Cn1ncc2c1NC(=O)C[C@@H]2c1ccc(-c2cc(C(=O)O)ccc2Cl)o1. The van der Waals surface area contributed by atoms with E-state index >= 15 is 0 Å². The number of amides is 1. The van der Waals surface area contributed by atoms with Gasteiger partial charge in [0.1, 0.15) is 17.3 Å². The minimum absolute atomic E-state index is 0.116. The lowest BCUT2D eigenvalue weighted by Crippen LogP contribution is -2.24. The van der Waals surface area contributed by atoms with Gasteiger partial charge < -0.3 is 14.8 Å². The Morgan fingerprint density at radius 2 is 2.19 bits per heavy atom. The number of hydrogen-bond acceptors (Lipinski definition) is 4. The molecule has 1 amide bonds. The molecule has 1 aliphatic rings. The average molecular weight is 372 g/mol. The van der Waals surface area contributed by atoms with Crippen LogP contribution in [-0.2, 0) is 11.8 Å². The fourth-order valence-electron chi connectivity index (χ4n) is 3.13. The highest BCUT2D eigenvalue weighted by molar-refractivity contribution is 6.33. The van der Waals surface area contributed by atoms with Crippen molar-refractivity contribution in [1.82, 2.24) is 9.78 Å². The summed E-state index contributed by atoms with van der Waals surface area (Å²) in [6.45, 7) is 0. The number of furan rings is 1. The van der Waals surface area contributed by atoms with E-state index in [1.54, 1.807) is 30.1 Å². The Bertz CT molecular complexity index is 1040. The standard InChI is InChI=1S/C18H14ClN3O4/c1-22-17-12(8-20-22)10(7-16(23)21-17)14-4-5-15(26-14)11-6-9(18(24)25)2-3-13(11)19/h2-6,8,10H,7H2,1H3,(H,21,23)(H,24,25)/t10-/m0/s1. The van der Waals surface area contributed by atoms with Gasteiger partial charge in [0.25, 0.3) is 0 Å². The first-order chi connectivity index (χ1) is 12.4. The number of hydrogen-bond donors (Lipinski definition) is 2. The lowest BCUT2D eigenvalue weighted by molar-refractivity contribution is -0.116. The Kier molecular flexibility index (Phi) is 3.81. The summed E-state index contributed by atoms with van der Waals surface area (Å²) in [5.41, 5.74) is 1.48. The third-order valence-electron chi connectivity index (χ3n) is 4.44. The monoisotopic (exact) mass is 371 g/mol. The first kappa shape index (κ1) is 16.4. The second-order valence-electron chi connectivity index (χ2n) is 6.08. The van der Waals surface area contributed by atoms with Crippen molar-refractivity contribution in [2.75, 3.05) is 5.32 Å². The lowest BCUT2D eigenvalue weighted by Gasteiger charge is -2.21. The second kappa shape index (κ2) is 6.03. The van der Waals surface area contributed by atoms with Crippen molar-refractivity contribution < 1.29 is 19.1 Å². The molecule has 8 heteroatoms. The van der Waals surface area contributed by atoms with E-state index in [2.05, 4.69) is 10.4 Å². The molecule has 0 aliphatic carbocycles. The van der Waals surface area contributed by atoms with Crippen LogP contribution in [0.15, 0.2) is 40.9 Å². The molecule has 3 heterocycles. The summed E-state index contributed by atoms with van der Waals surface area (Å²) < 4.78 is 7.55. The maximum absolute atomic E-state index is 12.0. The highest BCUT2D eigenvalue weighted by Gasteiger charge is 2.31. The summed E-state index contributed by atoms with van der Waals surface area (Å²) >= 11 is 6.21. The summed E-state index contributed by atoms with van der Waals surface area (Å²) in [6, 6.07) is 7.93. The first-order valence-electron chi connectivity index (χ1n) is 7.88. The minimum atomic E-state index is -1.04. The fourth-order valence-corrected chi connectivity index (χ4v) is 3.34. The van der Waals surface area contributed by atoms with Gasteiger partial charge >= 0.3 is 5.97 Å². The number of aromatic carboxylic acids is 1. The number of carboxylic acid groups (broad SMARTS) is 1. The summed E-state index contributed by atoms with van der Waals surface area (Å²) in [5.74, 6) is 0.275. The van der Waals surface area contributed by atoms with Crippen LogP contribution in [0.25, 0.3) is 11.3 Å². The molecular weight excluding hydrogens is 358 g/mol. The number of halogens is 1. The molecule has 0 spiro atoms. The molecule has 0 saturated heterocycles. The number of aromatic nitrogens is 2. The third kappa shape index (κ3) is 2.66. The van der Waals surface area contributed by atoms with Crippen molar-refractivity contribution in [3.8, 4) is 11.3 Å². The first-order valence-corrected chi connectivity index (χ1v) is 8.26. The highest BCUT2D eigenvalue weighted by atomic mass is 35.5. The molecule has 0 bridgehead atoms. The van der Waals surface area contributed by atoms with Crippen molar-refractivity contribution >= 4 is 29.3 Å². The number of nitrogens with zero attached hydrogens (tertiary/aromatic N) is 2. The number of fused-ring (bicyclic) bond motifs is 1.